The van der Waals surface area contributed by atoms with Crippen LogP contribution in [0.3, 0.4) is 0 Å². The Morgan fingerprint density at radius 2 is 2.04 bits per heavy atom. The molecule has 0 unspecified atom stereocenters. The third-order valence-corrected chi connectivity index (χ3v) is 3.80. The van der Waals surface area contributed by atoms with Crippen molar-refractivity contribution < 1.29 is 22.4 Å². The molecule has 0 atom stereocenters. The highest BCUT2D eigenvalue weighted by Crippen LogP contribution is 2.30. The third-order valence-electron chi connectivity index (χ3n) is 2.96. The first-order valence-corrected chi connectivity index (χ1v) is 7.33. The average Bonchev–Trinajstić information content (AvgIpc) is 2.93. The second kappa shape index (κ2) is 6.53. The predicted octanol–water partition coefficient (Wildman–Crippen LogP) is 3.30. The van der Waals surface area contributed by atoms with Crippen LogP contribution in [0.1, 0.15) is 21.1 Å². The van der Waals surface area contributed by atoms with Crippen LogP contribution in [-0.2, 0) is 12.7 Å². The van der Waals surface area contributed by atoms with Crippen molar-refractivity contribution >= 4 is 22.9 Å². The Kier molecular flexibility index (Phi) is 4.88. The van der Waals surface area contributed by atoms with Crippen molar-refractivity contribution in [2.75, 3.05) is 19.0 Å². The van der Waals surface area contributed by atoms with E-state index in [1.807, 2.05) is 0 Å². The zero-order valence-electron chi connectivity index (χ0n) is 12.2. The summed E-state index contributed by atoms with van der Waals surface area (Å²) in [6.45, 7) is -0.200. The molecule has 2 rings (SSSR count). The summed E-state index contributed by atoms with van der Waals surface area (Å²) < 4.78 is 51.2. The molecule has 0 aliphatic heterocycles. The van der Waals surface area contributed by atoms with E-state index in [0.717, 1.165) is 16.7 Å². The standard InChI is InChI=1S/C14H13F4N3OS/c1-21(2)8-3-4-9(10(15)5-8)13(22)19-6-12-20-11(7-23-12)14(16,17)18/h3-5,7H,6H2,1-2H3,(H,19,22). The second-order valence-electron chi connectivity index (χ2n) is 4.87. The summed E-state index contributed by atoms with van der Waals surface area (Å²) in [5.41, 5.74) is -0.592. The van der Waals surface area contributed by atoms with Crippen LogP contribution in [0.4, 0.5) is 23.2 Å². The lowest BCUT2D eigenvalue weighted by molar-refractivity contribution is -0.140. The van der Waals surface area contributed by atoms with E-state index in [0.29, 0.717) is 5.69 Å². The molecule has 0 aliphatic rings. The topological polar surface area (TPSA) is 45.2 Å². The molecule has 1 heterocycles. The number of carbonyl (C=O) groups excluding carboxylic acids is 1. The van der Waals surface area contributed by atoms with Gasteiger partial charge in [-0.1, -0.05) is 0 Å². The van der Waals surface area contributed by atoms with Gasteiger partial charge in [0.2, 0.25) is 0 Å². The first-order valence-electron chi connectivity index (χ1n) is 6.45. The summed E-state index contributed by atoms with van der Waals surface area (Å²) in [5.74, 6) is -1.42. The van der Waals surface area contributed by atoms with Gasteiger partial charge in [-0.25, -0.2) is 9.37 Å². The Morgan fingerprint density at radius 3 is 2.57 bits per heavy atom. The fraction of sp³-hybridized carbons (Fsp3) is 0.286. The molecule has 0 saturated carbocycles. The largest absolute Gasteiger partial charge is 0.434 e. The molecule has 2 aromatic rings. The smallest absolute Gasteiger partial charge is 0.378 e. The maximum absolute atomic E-state index is 13.9. The highest BCUT2D eigenvalue weighted by molar-refractivity contribution is 7.09. The van der Waals surface area contributed by atoms with Crippen LogP contribution >= 0.6 is 11.3 Å². The number of amides is 1. The molecule has 124 valence electrons. The highest BCUT2D eigenvalue weighted by Gasteiger charge is 2.33. The number of alkyl halides is 3. The lowest BCUT2D eigenvalue weighted by Crippen LogP contribution is -2.24. The zero-order valence-corrected chi connectivity index (χ0v) is 13.1. The average molecular weight is 347 g/mol. The van der Waals surface area contributed by atoms with Gasteiger partial charge in [0.15, 0.2) is 5.69 Å². The van der Waals surface area contributed by atoms with Gasteiger partial charge in [0.1, 0.15) is 10.8 Å². The zero-order chi connectivity index (χ0) is 17.2. The lowest BCUT2D eigenvalue weighted by Gasteiger charge is -2.13. The van der Waals surface area contributed by atoms with Crippen LogP contribution in [0, 0.1) is 5.82 Å². The lowest BCUT2D eigenvalue weighted by atomic mass is 10.1. The van der Waals surface area contributed by atoms with Gasteiger partial charge in [-0.2, -0.15) is 13.2 Å². The molecule has 1 aromatic heterocycles. The van der Waals surface area contributed by atoms with Crippen LogP contribution in [0.2, 0.25) is 0 Å². The molecule has 0 spiro atoms. The van der Waals surface area contributed by atoms with Crippen LogP contribution in [0.25, 0.3) is 0 Å². The van der Waals surface area contributed by atoms with Crippen LogP contribution in [0.5, 0.6) is 0 Å². The minimum atomic E-state index is -4.52. The number of thiazole rings is 1. The SMILES string of the molecule is CN(C)c1ccc(C(=O)NCc2nc(C(F)(F)F)cs2)c(F)c1. The van der Waals surface area contributed by atoms with Crippen LogP contribution in [-0.4, -0.2) is 25.0 Å². The summed E-state index contributed by atoms with van der Waals surface area (Å²) in [5, 5.41) is 3.32. The number of rotatable bonds is 4. The third kappa shape index (κ3) is 4.19. The number of nitrogens with one attached hydrogen (secondary N) is 1. The molecule has 23 heavy (non-hydrogen) atoms. The van der Waals surface area contributed by atoms with E-state index in [-0.39, 0.29) is 17.1 Å². The number of hydrogen-bond donors (Lipinski definition) is 1. The van der Waals surface area contributed by atoms with Gasteiger partial charge in [0, 0.05) is 25.2 Å². The van der Waals surface area contributed by atoms with Gasteiger partial charge in [-0.05, 0) is 18.2 Å². The van der Waals surface area contributed by atoms with E-state index in [2.05, 4.69) is 10.3 Å². The maximum atomic E-state index is 13.9. The van der Waals surface area contributed by atoms with Gasteiger partial charge < -0.3 is 10.2 Å². The molecular formula is C14H13F4N3OS. The number of aromatic nitrogens is 1. The van der Waals surface area contributed by atoms with Crippen molar-refractivity contribution in [3.05, 3.63) is 45.7 Å². The van der Waals surface area contributed by atoms with Crippen molar-refractivity contribution in [3.8, 4) is 0 Å². The molecule has 0 fully saturated rings. The van der Waals surface area contributed by atoms with Crippen molar-refractivity contribution in [3.63, 3.8) is 0 Å². The summed E-state index contributed by atoms with van der Waals surface area (Å²) >= 11 is 0.778. The molecule has 4 nitrogen and oxygen atoms in total. The van der Waals surface area contributed by atoms with E-state index in [9.17, 15) is 22.4 Å². The molecule has 0 saturated heterocycles. The van der Waals surface area contributed by atoms with Gasteiger partial charge in [-0.3, -0.25) is 4.79 Å². The quantitative estimate of drug-likeness (QED) is 0.863. The number of carbonyl (C=O) groups is 1. The molecule has 1 aromatic carbocycles. The van der Waals surface area contributed by atoms with E-state index < -0.39 is 23.6 Å². The summed E-state index contributed by atoms with van der Waals surface area (Å²) in [6, 6.07) is 4.10. The Labute approximate surface area is 133 Å². The van der Waals surface area contributed by atoms with Crippen molar-refractivity contribution in [2.45, 2.75) is 12.7 Å². The Bertz CT molecular complexity index is 712. The van der Waals surface area contributed by atoms with Gasteiger partial charge in [0.25, 0.3) is 5.91 Å². The Balaban J connectivity index is 2.04. The van der Waals surface area contributed by atoms with Gasteiger partial charge >= 0.3 is 6.18 Å². The molecule has 0 bridgehead atoms. The molecule has 0 aliphatic carbocycles. The molecule has 0 radical (unpaired) electrons. The van der Waals surface area contributed by atoms with Crippen molar-refractivity contribution in [2.24, 2.45) is 0 Å². The second-order valence-corrected chi connectivity index (χ2v) is 5.81. The van der Waals surface area contributed by atoms with Crippen molar-refractivity contribution in [1.29, 1.82) is 0 Å². The Hall–Kier alpha value is -2.16. The summed E-state index contributed by atoms with van der Waals surface area (Å²) in [6.07, 6.45) is -4.52. The number of anilines is 1. The molecule has 9 heteroatoms. The fourth-order valence-electron chi connectivity index (χ4n) is 1.74. The maximum Gasteiger partial charge on any atom is 0.434 e. The first kappa shape index (κ1) is 17.2. The number of hydrogen-bond acceptors (Lipinski definition) is 4. The monoisotopic (exact) mass is 347 g/mol. The van der Waals surface area contributed by atoms with Crippen LogP contribution < -0.4 is 10.2 Å². The minimum absolute atomic E-state index is 0.0935. The van der Waals surface area contributed by atoms with Gasteiger partial charge in [-0.15, -0.1) is 11.3 Å². The van der Waals surface area contributed by atoms with Gasteiger partial charge in [0.05, 0.1) is 12.1 Å². The fourth-order valence-corrected chi connectivity index (χ4v) is 2.48. The first-order chi connectivity index (χ1) is 10.7. The Morgan fingerprint density at radius 1 is 1.35 bits per heavy atom. The molecular weight excluding hydrogens is 334 g/mol. The summed E-state index contributed by atoms with van der Waals surface area (Å²) in [4.78, 5) is 17.0. The normalized spacial score (nSPS) is 11.4. The minimum Gasteiger partial charge on any atom is -0.378 e. The molecule has 1 amide bonds. The summed E-state index contributed by atoms with van der Waals surface area (Å²) in [7, 11) is 3.46. The van der Waals surface area contributed by atoms with Crippen LogP contribution in [0.15, 0.2) is 23.6 Å². The number of benzene rings is 1. The highest BCUT2D eigenvalue weighted by atomic mass is 32.1. The number of nitrogens with zero attached hydrogens (tertiary/aromatic N) is 2. The van der Waals surface area contributed by atoms with Crippen molar-refractivity contribution in [1.82, 2.24) is 10.3 Å². The van der Waals surface area contributed by atoms with E-state index >= 15 is 0 Å². The van der Waals surface area contributed by atoms with E-state index in [1.165, 1.54) is 12.1 Å². The van der Waals surface area contributed by atoms with E-state index in [4.69, 9.17) is 0 Å². The number of halogens is 4. The van der Waals surface area contributed by atoms with E-state index in [1.54, 1.807) is 25.1 Å². The predicted molar refractivity (Wildman–Crippen MR) is 79.0 cm³/mol. The molecule has 1 N–H and O–H groups in total.